The summed E-state index contributed by atoms with van der Waals surface area (Å²) < 4.78 is 67.2. The van der Waals surface area contributed by atoms with Crippen molar-refractivity contribution in [2.24, 2.45) is 0 Å². The van der Waals surface area contributed by atoms with Crippen LogP contribution in [0.25, 0.3) is 5.76 Å². The van der Waals surface area contributed by atoms with Gasteiger partial charge < -0.3 is 39.1 Å². The van der Waals surface area contributed by atoms with Crippen LogP contribution in [0.15, 0.2) is 60.3 Å². The maximum atomic E-state index is 12.9. The Labute approximate surface area is 262 Å². The van der Waals surface area contributed by atoms with Crippen LogP contribution in [0, 0.1) is 13.8 Å². The average molecular weight is 704 g/mol. The third-order valence-corrected chi connectivity index (χ3v) is 12.0. The summed E-state index contributed by atoms with van der Waals surface area (Å²) in [6.45, 7) is 2.35. The van der Waals surface area contributed by atoms with Crippen LogP contribution in [0.4, 0.5) is 4.79 Å². The Balaban J connectivity index is 1.22. The molecule has 0 aliphatic carbocycles. The number of carbonyl (C=O) groups is 1. The zero-order valence-electron chi connectivity index (χ0n) is 24.4. The number of hydrogen-bond donors (Lipinski definition) is 6. The van der Waals surface area contributed by atoms with E-state index in [9.17, 15) is 43.4 Å². The first kappa shape index (κ1) is 34.5. The number of phosphoric acid groups is 2. The molecule has 5 unspecified atom stereocenters. The fourth-order valence-electron chi connectivity index (χ4n) is 4.72. The fraction of sp³-hybridized carbons (Fsp3) is 0.346. The Bertz CT molecular complexity index is 1730. The van der Waals surface area contributed by atoms with E-state index in [0.717, 1.165) is 10.5 Å². The van der Waals surface area contributed by atoms with Crippen LogP contribution in [0.2, 0.25) is 0 Å². The lowest BCUT2D eigenvalue weighted by Gasteiger charge is -2.33. The predicted molar refractivity (Wildman–Crippen MR) is 158 cm³/mol. The lowest BCUT2D eigenvalue weighted by molar-refractivity contribution is -0.0671. The molecule has 20 heteroatoms. The number of aryl methyl sites for hydroxylation is 2. The van der Waals surface area contributed by atoms with E-state index in [1.807, 2.05) is 0 Å². The van der Waals surface area contributed by atoms with Gasteiger partial charge in [0.2, 0.25) is 6.23 Å². The molecule has 3 aliphatic heterocycles. The quantitative estimate of drug-likeness (QED) is 0.184. The number of fused-ring (bicyclic) bond motifs is 1. The summed E-state index contributed by atoms with van der Waals surface area (Å²) in [5, 5.41) is 23.4. The molecular weight excluding hydrogens is 673 g/mol. The molecule has 0 aromatic heterocycles. The Morgan fingerprint density at radius 3 is 2.39 bits per heavy atom. The monoisotopic (exact) mass is 704 g/mol. The Morgan fingerprint density at radius 1 is 0.957 bits per heavy atom. The van der Waals surface area contributed by atoms with Crippen molar-refractivity contribution in [2.45, 2.75) is 44.6 Å². The Hall–Kier alpha value is -2.88. The molecule has 2 aromatic rings. The molecule has 0 saturated carbocycles. The van der Waals surface area contributed by atoms with Gasteiger partial charge in [0, 0.05) is 17.3 Å². The summed E-state index contributed by atoms with van der Waals surface area (Å²) in [7, 11) is -14.7. The summed E-state index contributed by atoms with van der Waals surface area (Å²) in [6.07, 6.45) is -4.43. The molecule has 0 spiro atoms. The lowest BCUT2D eigenvalue weighted by atomic mass is 10.1. The summed E-state index contributed by atoms with van der Waals surface area (Å²) in [5.74, 6) is 1.01. The van der Waals surface area contributed by atoms with E-state index in [1.165, 1.54) is 31.5 Å². The van der Waals surface area contributed by atoms with Gasteiger partial charge in [-0.2, -0.15) is 4.31 Å². The van der Waals surface area contributed by atoms with Gasteiger partial charge >= 0.3 is 29.3 Å². The number of amides is 2. The third kappa shape index (κ3) is 7.47. The number of carbonyl (C=O) groups excluding carboxylic acids is 1. The molecule has 46 heavy (non-hydrogen) atoms. The van der Waals surface area contributed by atoms with E-state index in [0.29, 0.717) is 28.2 Å². The van der Waals surface area contributed by atoms with Crippen LogP contribution in [0.1, 0.15) is 16.7 Å². The molecule has 1 fully saturated rings. The van der Waals surface area contributed by atoms with E-state index in [-0.39, 0.29) is 5.30 Å². The summed E-state index contributed by atoms with van der Waals surface area (Å²) in [6, 6.07) is 10.1. The van der Waals surface area contributed by atoms with Crippen molar-refractivity contribution >= 4 is 40.3 Å². The van der Waals surface area contributed by atoms with Crippen molar-refractivity contribution in [1.29, 1.82) is 0 Å². The Kier molecular flexibility index (Phi) is 9.71. The number of aliphatic hydroxyl groups excluding tert-OH is 2. The van der Waals surface area contributed by atoms with Crippen LogP contribution in [0.5, 0.6) is 5.75 Å². The average Bonchev–Trinajstić information content (AvgIpc) is 3.51. The van der Waals surface area contributed by atoms with Crippen molar-refractivity contribution < 1.29 is 70.7 Å². The minimum atomic E-state index is -5.70. The van der Waals surface area contributed by atoms with Crippen LogP contribution in [0.3, 0.4) is 0 Å². The summed E-state index contributed by atoms with van der Waals surface area (Å²) >= 11 is 0. The minimum Gasteiger partial charge on any atom is -0.497 e. The van der Waals surface area contributed by atoms with Gasteiger partial charge in [0.25, 0.3) is 0 Å². The molecule has 3 aliphatic rings. The van der Waals surface area contributed by atoms with E-state index in [1.54, 1.807) is 44.2 Å². The first-order valence-electron chi connectivity index (χ1n) is 13.5. The van der Waals surface area contributed by atoms with Crippen molar-refractivity contribution in [3.8, 4) is 5.75 Å². The highest BCUT2D eigenvalue weighted by atomic mass is 31.3. The van der Waals surface area contributed by atoms with Gasteiger partial charge in [-0.25, -0.2) is 18.2 Å². The fourth-order valence-corrected chi connectivity index (χ4v) is 8.79. The lowest BCUT2D eigenvalue weighted by Crippen LogP contribution is -2.54. The molecule has 2 aromatic carbocycles. The molecule has 3 heterocycles. The van der Waals surface area contributed by atoms with E-state index >= 15 is 0 Å². The zero-order chi connectivity index (χ0) is 33.6. The van der Waals surface area contributed by atoms with E-state index in [2.05, 4.69) is 18.5 Å². The number of urea groups is 1. The zero-order valence-corrected chi connectivity index (χ0v) is 27.1. The van der Waals surface area contributed by atoms with Gasteiger partial charge in [-0.3, -0.25) is 19.3 Å². The van der Waals surface area contributed by atoms with Gasteiger partial charge in [-0.05, 0) is 55.3 Å². The molecule has 5 rings (SSSR count). The Morgan fingerprint density at radius 2 is 1.70 bits per heavy atom. The number of nitrogens with zero attached hydrogens (tertiary/aromatic N) is 1. The second-order valence-corrected chi connectivity index (χ2v) is 15.5. The predicted octanol–water partition coefficient (Wildman–Crippen LogP) is 2.13. The molecule has 6 N–H and O–H groups in total. The first-order chi connectivity index (χ1) is 21.5. The van der Waals surface area contributed by atoms with Crippen molar-refractivity contribution in [2.75, 3.05) is 13.7 Å². The second kappa shape index (κ2) is 13.0. The summed E-state index contributed by atoms with van der Waals surface area (Å²) in [4.78, 5) is 44.0. The molecule has 17 nitrogen and oxygen atoms in total. The van der Waals surface area contributed by atoms with E-state index in [4.69, 9.17) is 14.2 Å². The topological polar surface area (TPSA) is 240 Å². The van der Waals surface area contributed by atoms with Gasteiger partial charge in [-0.15, -0.1) is 0 Å². The highest BCUT2D eigenvalue weighted by Gasteiger charge is 2.50. The van der Waals surface area contributed by atoms with Crippen molar-refractivity contribution in [3.63, 3.8) is 0 Å². The number of rotatable bonds is 11. The normalized spacial score (nSPS) is 28.1. The molecular formula is C26H31N2O15P3. The standard InChI is InChI=1S/C26H31N2O15P3/c1-14-7-8-19(9-15(14)2)44(32,33)42-46(36,37)43-45(34,35)39-13-21-22(29)23(30)25(41-21)28-12-17-11-20(40-24(17)27-26(28)31)16-5-4-6-18(10-16)38-3/h4-12,21-25,29-30H,13H2,1-3H3,(H,27,31)(H,32,33)(H,34,35)(H,36,37)/t21-,22?,23+,24?,25-/m1/s1. The molecule has 0 bridgehead atoms. The number of aliphatic hydroxyl groups is 2. The number of methoxy groups -OCH3 is 1. The third-order valence-electron chi connectivity index (χ3n) is 7.23. The molecule has 0 radical (unpaired) electrons. The van der Waals surface area contributed by atoms with Crippen LogP contribution in [-0.4, -0.2) is 80.3 Å². The van der Waals surface area contributed by atoms with Crippen LogP contribution < -0.4 is 15.4 Å². The number of phosphoric ester groups is 1. The summed E-state index contributed by atoms with van der Waals surface area (Å²) in [5.41, 5.74) is 2.46. The van der Waals surface area contributed by atoms with Gasteiger partial charge in [-0.1, -0.05) is 18.2 Å². The molecule has 250 valence electrons. The molecule has 8 atom stereocenters. The van der Waals surface area contributed by atoms with Gasteiger partial charge in [0.1, 0.15) is 29.8 Å². The smallest absolute Gasteiger partial charge is 0.488 e. The SMILES string of the molecule is COc1cccc(C2=CC3=CN([C@@H]4O[C@H](COP(=O)(O)OP(=O)(O)OP(=O)(O)c5ccc(C)c(C)c5)C(O)[C@@H]4O)C(=O)NC3O2)c1. The molecule has 2 amide bonds. The first-order valence-corrected chi connectivity index (χ1v) is 18.0. The van der Waals surface area contributed by atoms with Crippen molar-refractivity contribution in [1.82, 2.24) is 10.2 Å². The number of hydrogen-bond acceptors (Lipinski definition) is 12. The number of benzene rings is 2. The maximum Gasteiger partial charge on any atom is 0.488 e. The van der Waals surface area contributed by atoms with Gasteiger partial charge in [0.05, 0.1) is 19.0 Å². The minimum absolute atomic E-state index is 0.371. The van der Waals surface area contributed by atoms with Crippen LogP contribution in [-0.2, 0) is 36.3 Å². The highest BCUT2D eigenvalue weighted by molar-refractivity contribution is 7.71. The number of ether oxygens (including phenoxy) is 3. The second-order valence-electron chi connectivity index (χ2n) is 10.5. The number of nitrogens with one attached hydrogen (secondary N) is 1. The van der Waals surface area contributed by atoms with E-state index < -0.39 is 66.6 Å². The van der Waals surface area contributed by atoms with Gasteiger partial charge in [0.15, 0.2) is 6.23 Å². The van der Waals surface area contributed by atoms with Crippen molar-refractivity contribution in [3.05, 3.63) is 77.0 Å². The highest BCUT2D eigenvalue weighted by Crippen LogP contribution is 2.67. The largest absolute Gasteiger partial charge is 0.497 e. The van der Waals surface area contributed by atoms with Crippen LogP contribution >= 0.6 is 23.2 Å². The molecule has 1 saturated heterocycles. The maximum absolute atomic E-state index is 12.9.